The molecular weight excluding hydrogens is 304 g/mol. The molecule has 1 aliphatic rings. The summed E-state index contributed by atoms with van der Waals surface area (Å²) >= 11 is 0. The first-order chi connectivity index (χ1) is 11.6. The normalized spacial score (nSPS) is 17.3. The van der Waals surface area contributed by atoms with Crippen molar-refractivity contribution < 1.29 is 9.53 Å². The number of fused-ring (bicyclic) bond motifs is 3. The van der Waals surface area contributed by atoms with Gasteiger partial charge in [-0.05, 0) is 12.0 Å². The van der Waals surface area contributed by atoms with Crippen molar-refractivity contribution in [3.63, 3.8) is 0 Å². The minimum atomic E-state index is -0.703. The van der Waals surface area contributed by atoms with E-state index in [4.69, 9.17) is 4.74 Å². The van der Waals surface area contributed by atoms with Crippen LogP contribution in [-0.4, -0.2) is 23.0 Å². The summed E-state index contributed by atoms with van der Waals surface area (Å²) in [7, 11) is 1.35. The topological polar surface area (TPSA) is 99.7 Å². The van der Waals surface area contributed by atoms with E-state index >= 15 is 0 Å². The Morgan fingerprint density at radius 2 is 1.88 bits per heavy atom. The molecule has 0 radical (unpaired) electrons. The molecule has 3 rings (SSSR count). The number of benzene rings is 1. The summed E-state index contributed by atoms with van der Waals surface area (Å²) in [6, 6.07) is 11.4. The highest BCUT2D eigenvalue weighted by Crippen LogP contribution is 2.51. The molecule has 1 atom stereocenters. The van der Waals surface area contributed by atoms with E-state index in [0.29, 0.717) is 17.8 Å². The molecule has 0 amide bonds. The van der Waals surface area contributed by atoms with Gasteiger partial charge in [0, 0.05) is 5.56 Å². The number of hydrogen-bond acceptors (Lipinski definition) is 6. The number of carbonyl (C=O) groups is 1. The molecule has 1 heterocycles. The van der Waals surface area contributed by atoms with Crippen LogP contribution in [0.4, 0.5) is 0 Å². The number of methoxy groups -OCH3 is 1. The number of ether oxygens (including phenoxy) is 1. The standard InChI is InChI=1S/C18H14N4O2/c1-3-18(8-15(23)24-2)12-7-5-4-6-11(12)16-17(18)22-14(10-20)13(9-19)21-16/h4-7H,3,8H2,1-2H3. The van der Waals surface area contributed by atoms with Crippen LogP contribution in [0.25, 0.3) is 11.3 Å². The zero-order valence-corrected chi connectivity index (χ0v) is 13.3. The maximum absolute atomic E-state index is 12.0. The van der Waals surface area contributed by atoms with Crippen LogP contribution in [0, 0.1) is 22.7 Å². The van der Waals surface area contributed by atoms with Gasteiger partial charge in [0.2, 0.25) is 0 Å². The Balaban J connectivity index is 2.36. The van der Waals surface area contributed by atoms with Crippen molar-refractivity contribution >= 4 is 5.97 Å². The van der Waals surface area contributed by atoms with Crippen LogP contribution in [0.15, 0.2) is 24.3 Å². The molecule has 1 aliphatic carbocycles. The number of esters is 1. The van der Waals surface area contributed by atoms with Crippen LogP contribution in [0.3, 0.4) is 0 Å². The number of rotatable bonds is 3. The van der Waals surface area contributed by atoms with Gasteiger partial charge in [-0.1, -0.05) is 31.2 Å². The zero-order valence-electron chi connectivity index (χ0n) is 13.3. The van der Waals surface area contributed by atoms with Crippen molar-refractivity contribution in [1.82, 2.24) is 9.97 Å². The monoisotopic (exact) mass is 318 g/mol. The molecule has 118 valence electrons. The Hall–Kier alpha value is -3.25. The second kappa shape index (κ2) is 5.75. The second-order valence-corrected chi connectivity index (χ2v) is 5.58. The first kappa shape index (κ1) is 15.6. The fourth-order valence-corrected chi connectivity index (χ4v) is 3.33. The maximum Gasteiger partial charge on any atom is 0.306 e. The largest absolute Gasteiger partial charge is 0.469 e. The van der Waals surface area contributed by atoms with Crippen LogP contribution in [0.2, 0.25) is 0 Å². The summed E-state index contributed by atoms with van der Waals surface area (Å²) in [5, 5.41) is 18.5. The van der Waals surface area contributed by atoms with E-state index in [0.717, 1.165) is 11.1 Å². The molecule has 1 aromatic carbocycles. The Kier molecular flexibility index (Phi) is 3.75. The van der Waals surface area contributed by atoms with Gasteiger partial charge in [-0.15, -0.1) is 0 Å². The molecule has 0 spiro atoms. The third-order valence-corrected chi connectivity index (χ3v) is 4.54. The van der Waals surface area contributed by atoms with Gasteiger partial charge in [0.1, 0.15) is 12.1 Å². The molecule has 0 aliphatic heterocycles. The summed E-state index contributed by atoms with van der Waals surface area (Å²) in [6.45, 7) is 1.96. The number of nitriles is 2. The molecule has 0 bridgehead atoms. The zero-order chi connectivity index (χ0) is 17.3. The van der Waals surface area contributed by atoms with Gasteiger partial charge in [-0.25, -0.2) is 9.97 Å². The molecule has 1 aromatic heterocycles. The Bertz CT molecular complexity index is 924. The molecule has 0 N–H and O–H groups in total. The fourth-order valence-electron chi connectivity index (χ4n) is 3.33. The van der Waals surface area contributed by atoms with Crippen LogP contribution in [-0.2, 0) is 14.9 Å². The van der Waals surface area contributed by atoms with Gasteiger partial charge < -0.3 is 4.74 Å². The van der Waals surface area contributed by atoms with Crippen molar-refractivity contribution in [1.29, 1.82) is 10.5 Å². The molecule has 24 heavy (non-hydrogen) atoms. The van der Waals surface area contributed by atoms with E-state index < -0.39 is 5.41 Å². The van der Waals surface area contributed by atoms with Crippen molar-refractivity contribution in [3.8, 4) is 23.4 Å². The second-order valence-electron chi connectivity index (χ2n) is 5.58. The third kappa shape index (κ3) is 2.04. The molecule has 6 heteroatoms. The number of nitrogens with zero attached hydrogens (tertiary/aromatic N) is 4. The van der Waals surface area contributed by atoms with Gasteiger partial charge in [0.05, 0.1) is 30.3 Å². The average Bonchev–Trinajstić information content (AvgIpc) is 2.90. The van der Waals surface area contributed by atoms with Crippen LogP contribution >= 0.6 is 0 Å². The highest BCUT2D eigenvalue weighted by molar-refractivity contribution is 5.82. The lowest BCUT2D eigenvalue weighted by Crippen LogP contribution is -2.30. The lowest BCUT2D eigenvalue weighted by Gasteiger charge is -2.28. The maximum atomic E-state index is 12.0. The van der Waals surface area contributed by atoms with E-state index in [-0.39, 0.29) is 23.8 Å². The van der Waals surface area contributed by atoms with Gasteiger partial charge in [-0.2, -0.15) is 10.5 Å². The predicted octanol–water partition coefficient (Wildman–Crippen LogP) is 2.46. The molecule has 0 saturated heterocycles. The summed E-state index contributed by atoms with van der Waals surface area (Å²) in [6.07, 6.45) is 0.701. The number of carbonyl (C=O) groups excluding carboxylic acids is 1. The SMILES string of the molecule is CCC1(CC(=O)OC)c2ccccc2-c2nc(C#N)c(C#N)nc21. The van der Waals surface area contributed by atoms with E-state index in [1.165, 1.54) is 7.11 Å². The highest BCUT2D eigenvalue weighted by Gasteiger charge is 2.46. The quantitative estimate of drug-likeness (QED) is 0.806. The van der Waals surface area contributed by atoms with Gasteiger partial charge in [0.25, 0.3) is 0 Å². The number of hydrogen-bond donors (Lipinski definition) is 0. The molecule has 6 nitrogen and oxygen atoms in total. The van der Waals surface area contributed by atoms with Crippen LogP contribution < -0.4 is 0 Å². The smallest absolute Gasteiger partial charge is 0.306 e. The third-order valence-electron chi connectivity index (χ3n) is 4.54. The van der Waals surface area contributed by atoms with Crippen molar-refractivity contribution in [2.75, 3.05) is 7.11 Å². The predicted molar refractivity (Wildman–Crippen MR) is 84.6 cm³/mol. The van der Waals surface area contributed by atoms with E-state index in [1.807, 2.05) is 43.3 Å². The Labute approximate surface area is 139 Å². The summed E-state index contributed by atoms with van der Waals surface area (Å²) in [5.74, 6) is -0.357. The summed E-state index contributed by atoms with van der Waals surface area (Å²) in [5.41, 5.74) is 2.16. The van der Waals surface area contributed by atoms with E-state index in [9.17, 15) is 15.3 Å². The first-order valence-corrected chi connectivity index (χ1v) is 7.50. The minimum absolute atomic E-state index is 0.00368. The molecular formula is C18H14N4O2. The lowest BCUT2D eigenvalue weighted by molar-refractivity contribution is -0.141. The number of aromatic nitrogens is 2. The molecule has 0 saturated carbocycles. The van der Waals surface area contributed by atoms with E-state index in [1.54, 1.807) is 0 Å². The Morgan fingerprint density at radius 3 is 2.50 bits per heavy atom. The summed E-state index contributed by atoms with van der Waals surface area (Å²) < 4.78 is 4.87. The van der Waals surface area contributed by atoms with Gasteiger partial charge in [0.15, 0.2) is 11.4 Å². The van der Waals surface area contributed by atoms with Crippen molar-refractivity contribution in [2.24, 2.45) is 0 Å². The van der Waals surface area contributed by atoms with Crippen molar-refractivity contribution in [3.05, 3.63) is 46.9 Å². The molecule has 2 aromatic rings. The van der Waals surface area contributed by atoms with Crippen molar-refractivity contribution in [2.45, 2.75) is 25.2 Å². The van der Waals surface area contributed by atoms with E-state index in [2.05, 4.69) is 9.97 Å². The lowest BCUT2D eigenvalue weighted by atomic mass is 9.75. The summed E-state index contributed by atoms with van der Waals surface area (Å²) in [4.78, 5) is 20.8. The average molecular weight is 318 g/mol. The van der Waals surface area contributed by atoms with Gasteiger partial charge in [-0.3, -0.25) is 4.79 Å². The van der Waals surface area contributed by atoms with Gasteiger partial charge >= 0.3 is 5.97 Å². The molecule has 1 unspecified atom stereocenters. The first-order valence-electron chi connectivity index (χ1n) is 7.50. The van der Waals surface area contributed by atoms with Crippen LogP contribution in [0.5, 0.6) is 0 Å². The molecule has 0 fully saturated rings. The fraction of sp³-hybridized carbons (Fsp3) is 0.278. The Morgan fingerprint density at radius 1 is 1.21 bits per heavy atom. The highest BCUT2D eigenvalue weighted by atomic mass is 16.5. The minimum Gasteiger partial charge on any atom is -0.469 e. The van der Waals surface area contributed by atoms with Crippen LogP contribution in [0.1, 0.15) is 42.4 Å².